The third kappa shape index (κ3) is 1.91. The summed E-state index contributed by atoms with van der Waals surface area (Å²) in [5.41, 5.74) is 0. The van der Waals surface area contributed by atoms with E-state index in [0.717, 1.165) is 25.9 Å². The van der Waals surface area contributed by atoms with Crippen molar-refractivity contribution < 1.29 is 5.11 Å². The molecule has 14 heavy (non-hydrogen) atoms. The summed E-state index contributed by atoms with van der Waals surface area (Å²) in [6.07, 6.45) is 1.38. The standard InChI is InChI=1S/C8H15N5O/c1-13-11-8(10-12-13)7(14)6-2-4-9-5-3-6/h6-7,9,14H,2-5H2,1H3. The van der Waals surface area contributed by atoms with E-state index in [1.165, 1.54) is 4.80 Å². The molecule has 0 radical (unpaired) electrons. The highest BCUT2D eigenvalue weighted by Crippen LogP contribution is 2.25. The van der Waals surface area contributed by atoms with Gasteiger partial charge in [-0.25, -0.2) is 0 Å². The van der Waals surface area contributed by atoms with Gasteiger partial charge in [-0.15, -0.1) is 10.2 Å². The second kappa shape index (κ2) is 4.02. The van der Waals surface area contributed by atoms with Crippen LogP contribution in [-0.2, 0) is 7.05 Å². The Labute approximate surface area is 82.3 Å². The number of hydrogen-bond donors (Lipinski definition) is 2. The monoisotopic (exact) mass is 197 g/mol. The molecule has 1 aromatic heterocycles. The molecule has 1 fully saturated rings. The Morgan fingerprint density at radius 3 is 2.79 bits per heavy atom. The molecule has 0 bridgehead atoms. The van der Waals surface area contributed by atoms with Crippen molar-refractivity contribution >= 4 is 0 Å². The van der Waals surface area contributed by atoms with Gasteiger partial charge in [0.2, 0.25) is 5.82 Å². The number of nitrogens with one attached hydrogen (secondary N) is 1. The maximum Gasteiger partial charge on any atom is 0.203 e. The minimum absolute atomic E-state index is 0.264. The van der Waals surface area contributed by atoms with E-state index >= 15 is 0 Å². The normalized spacial score (nSPS) is 21.0. The van der Waals surface area contributed by atoms with Crippen LogP contribution >= 0.6 is 0 Å². The van der Waals surface area contributed by atoms with Crippen molar-refractivity contribution in [1.82, 2.24) is 25.5 Å². The second-order valence-corrected chi connectivity index (χ2v) is 3.67. The molecular weight excluding hydrogens is 182 g/mol. The number of aromatic nitrogens is 4. The van der Waals surface area contributed by atoms with Gasteiger partial charge in [0.1, 0.15) is 6.10 Å². The zero-order valence-corrected chi connectivity index (χ0v) is 8.22. The summed E-state index contributed by atoms with van der Waals surface area (Å²) < 4.78 is 0. The van der Waals surface area contributed by atoms with Crippen LogP contribution in [0.2, 0.25) is 0 Å². The number of hydrogen-bond acceptors (Lipinski definition) is 5. The van der Waals surface area contributed by atoms with E-state index < -0.39 is 6.10 Å². The minimum atomic E-state index is -0.564. The minimum Gasteiger partial charge on any atom is -0.385 e. The number of nitrogens with zero attached hydrogens (tertiary/aromatic N) is 4. The molecule has 2 rings (SSSR count). The molecule has 1 aromatic rings. The van der Waals surface area contributed by atoms with E-state index in [0.29, 0.717) is 5.82 Å². The summed E-state index contributed by atoms with van der Waals surface area (Å²) in [5.74, 6) is 0.708. The summed E-state index contributed by atoms with van der Waals surface area (Å²) in [6.45, 7) is 1.92. The fraction of sp³-hybridized carbons (Fsp3) is 0.875. The van der Waals surface area contributed by atoms with Crippen molar-refractivity contribution in [2.24, 2.45) is 13.0 Å². The Bertz CT molecular complexity index is 294. The van der Waals surface area contributed by atoms with Crippen LogP contribution in [0, 0.1) is 5.92 Å². The molecule has 1 aliphatic rings. The molecule has 6 nitrogen and oxygen atoms in total. The van der Waals surface area contributed by atoms with Crippen LogP contribution in [0.5, 0.6) is 0 Å². The molecule has 1 saturated heterocycles. The summed E-state index contributed by atoms with van der Waals surface area (Å²) >= 11 is 0. The maximum atomic E-state index is 9.95. The zero-order valence-electron chi connectivity index (χ0n) is 8.22. The molecule has 0 aliphatic carbocycles. The van der Waals surface area contributed by atoms with Gasteiger partial charge in [0.05, 0.1) is 7.05 Å². The van der Waals surface area contributed by atoms with E-state index in [9.17, 15) is 5.11 Å². The second-order valence-electron chi connectivity index (χ2n) is 3.67. The first-order chi connectivity index (χ1) is 6.77. The average molecular weight is 197 g/mol. The summed E-state index contributed by atoms with van der Waals surface area (Å²) in [4.78, 5) is 1.37. The zero-order chi connectivity index (χ0) is 9.97. The average Bonchev–Trinajstić information content (AvgIpc) is 2.65. The lowest BCUT2D eigenvalue weighted by Crippen LogP contribution is -2.31. The van der Waals surface area contributed by atoms with Crippen molar-refractivity contribution in [1.29, 1.82) is 0 Å². The van der Waals surface area contributed by atoms with Crippen LogP contribution in [0.3, 0.4) is 0 Å². The first-order valence-corrected chi connectivity index (χ1v) is 4.90. The number of tetrazole rings is 1. The van der Waals surface area contributed by atoms with Gasteiger partial charge in [0.15, 0.2) is 0 Å². The lowest BCUT2D eigenvalue weighted by molar-refractivity contribution is 0.0808. The van der Waals surface area contributed by atoms with E-state index in [1.54, 1.807) is 7.05 Å². The SMILES string of the molecule is Cn1nnc(C(O)C2CCNCC2)n1. The van der Waals surface area contributed by atoms with Crippen LogP contribution in [0.4, 0.5) is 0 Å². The Balaban J connectivity index is 2.03. The Hall–Kier alpha value is -1.01. The van der Waals surface area contributed by atoms with Gasteiger partial charge in [-0.3, -0.25) is 0 Å². The topological polar surface area (TPSA) is 75.9 Å². The van der Waals surface area contributed by atoms with Gasteiger partial charge >= 0.3 is 0 Å². The Morgan fingerprint density at radius 1 is 1.50 bits per heavy atom. The van der Waals surface area contributed by atoms with E-state index in [1.807, 2.05) is 0 Å². The van der Waals surface area contributed by atoms with Gasteiger partial charge in [-0.1, -0.05) is 0 Å². The van der Waals surface area contributed by atoms with Gasteiger partial charge in [-0.05, 0) is 37.1 Å². The number of rotatable bonds is 2. The highest BCUT2D eigenvalue weighted by Gasteiger charge is 2.26. The molecule has 2 N–H and O–H groups in total. The van der Waals surface area contributed by atoms with E-state index in [2.05, 4.69) is 20.7 Å². The highest BCUT2D eigenvalue weighted by molar-refractivity contribution is 4.89. The summed E-state index contributed by atoms with van der Waals surface area (Å²) in [5, 5.41) is 24.8. The van der Waals surface area contributed by atoms with Gasteiger partial charge in [0.25, 0.3) is 0 Å². The molecule has 1 unspecified atom stereocenters. The third-order valence-electron chi connectivity index (χ3n) is 2.62. The lowest BCUT2D eigenvalue weighted by atomic mass is 9.92. The largest absolute Gasteiger partial charge is 0.385 e. The van der Waals surface area contributed by atoms with Crippen LogP contribution < -0.4 is 5.32 Å². The Kier molecular flexibility index (Phi) is 2.74. The van der Waals surface area contributed by atoms with Crippen molar-refractivity contribution in [3.63, 3.8) is 0 Å². The molecule has 0 spiro atoms. The summed E-state index contributed by atoms with van der Waals surface area (Å²) in [6, 6.07) is 0. The van der Waals surface area contributed by atoms with Crippen LogP contribution in [-0.4, -0.2) is 38.4 Å². The van der Waals surface area contributed by atoms with Crippen LogP contribution in [0.15, 0.2) is 0 Å². The van der Waals surface area contributed by atoms with E-state index in [-0.39, 0.29) is 5.92 Å². The van der Waals surface area contributed by atoms with Crippen molar-refractivity contribution in [3.8, 4) is 0 Å². The summed E-state index contributed by atoms with van der Waals surface area (Å²) in [7, 11) is 1.70. The van der Waals surface area contributed by atoms with Crippen LogP contribution in [0.1, 0.15) is 24.8 Å². The molecule has 1 atom stereocenters. The number of aliphatic hydroxyl groups excluding tert-OH is 1. The smallest absolute Gasteiger partial charge is 0.203 e. The predicted octanol–water partition coefficient (Wildman–Crippen LogP) is -0.757. The first-order valence-electron chi connectivity index (χ1n) is 4.90. The third-order valence-corrected chi connectivity index (χ3v) is 2.62. The number of aliphatic hydroxyl groups is 1. The maximum absolute atomic E-state index is 9.95. The van der Waals surface area contributed by atoms with Gasteiger partial charge in [0, 0.05) is 0 Å². The molecule has 0 saturated carbocycles. The molecule has 6 heteroatoms. The molecule has 0 amide bonds. The van der Waals surface area contributed by atoms with Crippen molar-refractivity contribution in [3.05, 3.63) is 5.82 Å². The van der Waals surface area contributed by atoms with Crippen LogP contribution in [0.25, 0.3) is 0 Å². The van der Waals surface area contributed by atoms with E-state index in [4.69, 9.17) is 0 Å². The molecule has 0 aromatic carbocycles. The predicted molar refractivity (Wildman–Crippen MR) is 49.4 cm³/mol. The fourth-order valence-electron chi connectivity index (χ4n) is 1.79. The molecular formula is C8H15N5O. The van der Waals surface area contributed by atoms with Crippen molar-refractivity contribution in [2.45, 2.75) is 18.9 Å². The Morgan fingerprint density at radius 2 is 2.21 bits per heavy atom. The molecule has 1 aliphatic heterocycles. The number of aryl methyl sites for hydroxylation is 1. The number of piperidine rings is 1. The quantitative estimate of drug-likeness (QED) is 0.652. The van der Waals surface area contributed by atoms with Crippen molar-refractivity contribution in [2.75, 3.05) is 13.1 Å². The first kappa shape index (κ1) is 9.54. The molecule has 2 heterocycles. The van der Waals surface area contributed by atoms with Gasteiger partial charge < -0.3 is 10.4 Å². The van der Waals surface area contributed by atoms with Gasteiger partial charge in [-0.2, -0.15) is 4.80 Å². The lowest BCUT2D eigenvalue weighted by Gasteiger charge is -2.25. The fourth-order valence-corrected chi connectivity index (χ4v) is 1.79. The molecule has 78 valence electrons. The highest BCUT2D eigenvalue weighted by atomic mass is 16.3.